The lowest BCUT2D eigenvalue weighted by molar-refractivity contribution is -0.143. The van der Waals surface area contributed by atoms with Crippen molar-refractivity contribution < 1.29 is 27.5 Å². The minimum absolute atomic E-state index is 0.399. The SMILES string of the molecule is COC(=O)C(NC(=O)c1ccc(F)c(F)c1F)c1ccccc1. The molecule has 0 fully saturated rings. The number of carbonyl (C=O) groups is 2. The summed E-state index contributed by atoms with van der Waals surface area (Å²) in [4.78, 5) is 23.9. The standard InChI is InChI=1S/C16H12F3NO3/c1-23-16(22)14(9-5-3-2-4-6-9)20-15(21)10-7-8-11(17)13(19)12(10)18/h2-8,14H,1H3,(H,20,21). The summed E-state index contributed by atoms with van der Waals surface area (Å²) >= 11 is 0. The lowest BCUT2D eigenvalue weighted by atomic mass is 10.1. The number of hydrogen-bond acceptors (Lipinski definition) is 3. The zero-order chi connectivity index (χ0) is 17.0. The molecule has 0 heterocycles. The summed E-state index contributed by atoms with van der Waals surface area (Å²) in [6, 6.07) is 8.30. The van der Waals surface area contributed by atoms with Crippen LogP contribution in [0.25, 0.3) is 0 Å². The van der Waals surface area contributed by atoms with E-state index in [0.29, 0.717) is 11.6 Å². The summed E-state index contributed by atoms with van der Waals surface area (Å²) in [5.74, 6) is -6.65. The Morgan fingerprint density at radius 2 is 1.65 bits per heavy atom. The molecule has 0 saturated heterocycles. The van der Waals surface area contributed by atoms with Crippen LogP contribution < -0.4 is 5.32 Å². The van der Waals surface area contributed by atoms with E-state index in [1.54, 1.807) is 30.3 Å². The van der Waals surface area contributed by atoms with Crippen molar-refractivity contribution >= 4 is 11.9 Å². The van der Waals surface area contributed by atoms with E-state index in [2.05, 4.69) is 10.1 Å². The maximum absolute atomic E-state index is 13.7. The number of methoxy groups -OCH3 is 1. The lowest BCUT2D eigenvalue weighted by Gasteiger charge is -2.17. The molecule has 0 aliphatic carbocycles. The van der Waals surface area contributed by atoms with Crippen LogP contribution in [0.3, 0.4) is 0 Å². The number of ether oxygens (including phenoxy) is 1. The second kappa shape index (κ2) is 6.95. The first kappa shape index (κ1) is 16.5. The molecule has 7 heteroatoms. The average Bonchev–Trinajstić information content (AvgIpc) is 2.57. The number of halogens is 3. The Hall–Kier alpha value is -2.83. The molecule has 1 amide bonds. The van der Waals surface area contributed by atoms with Gasteiger partial charge in [0, 0.05) is 0 Å². The van der Waals surface area contributed by atoms with Gasteiger partial charge in [0.15, 0.2) is 23.5 Å². The zero-order valence-electron chi connectivity index (χ0n) is 12.0. The Kier molecular flexibility index (Phi) is 5.00. The highest BCUT2D eigenvalue weighted by Crippen LogP contribution is 2.18. The van der Waals surface area contributed by atoms with Crippen molar-refractivity contribution in [3.8, 4) is 0 Å². The predicted molar refractivity (Wildman–Crippen MR) is 75.0 cm³/mol. The van der Waals surface area contributed by atoms with Crippen LogP contribution in [0.1, 0.15) is 22.0 Å². The van der Waals surface area contributed by atoms with E-state index in [1.165, 1.54) is 0 Å². The molecular formula is C16H12F3NO3. The largest absolute Gasteiger partial charge is 0.467 e. The van der Waals surface area contributed by atoms with Crippen molar-refractivity contribution in [3.05, 3.63) is 71.0 Å². The van der Waals surface area contributed by atoms with Crippen molar-refractivity contribution in [2.45, 2.75) is 6.04 Å². The molecule has 120 valence electrons. The maximum Gasteiger partial charge on any atom is 0.333 e. The Morgan fingerprint density at radius 1 is 1.00 bits per heavy atom. The van der Waals surface area contributed by atoms with Crippen LogP contribution in [-0.2, 0) is 9.53 Å². The van der Waals surface area contributed by atoms with Crippen LogP contribution in [0.2, 0.25) is 0 Å². The number of amides is 1. The molecule has 0 aliphatic rings. The molecular weight excluding hydrogens is 311 g/mol. The smallest absolute Gasteiger partial charge is 0.333 e. The number of esters is 1. The first-order valence-electron chi connectivity index (χ1n) is 6.52. The van der Waals surface area contributed by atoms with Crippen molar-refractivity contribution in [2.75, 3.05) is 7.11 Å². The lowest BCUT2D eigenvalue weighted by Crippen LogP contribution is -2.35. The second-order valence-electron chi connectivity index (χ2n) is 4.56. The molecule has 23 heavy (non-hydrogen) atoms. The number of carbonyl (C=O) groups excluding carboxylic acids is 2. The maximum atomic E-state index is 13.7. The Bertz CT molecular complexity index is 735. The third-order valence-electron chi connectivity index (χ3n) is 3.13. The van der Waals surface area contributed by atoms with Crippen LogP contribution in [0.4, 0.5) is 13.2 Å². The Balaban J connectivity index is 2.32. The summed E-state index contributed by atoms with van der Waals surface area (Å²) in [5, 5.41) is 2.25. The predicted octanol–water partition coefficient (Wildman–Crippen LogP) is 2.75. The topological polar surface area (TPSA) is 55.4 Å². The number of hydrogen-bond donors (Lipinski definition) is 1. The highest BCUT2D eigenvalue weighted by molar-refractivity contribution is 5.97. The number of rotatable bonds is 4. The fourth-order valence-electron chi connectivity index (χ4n) is 1.95. The minimum atomic E-state index is -1.76. The van der Waals surface area contributed by atoms with Gasteiger partial charge in [-0.15, -0.1) is 0 Å². The molecule has 0 spiro atoms. The first-order valence-corrected chi connectivity index (χ1v) is 6.52. The van der Waals surface area contributed by atoms with Crippen molar-refractivity contribution in [3.63, 3.8) is 0 Å². The monoisotopic (exact) mass is 323 g/mol. The van der Waals surface area contributed by atoms with E-state index in [-0.39, 0.29) is 0 Å². The zero-order valence-corrected chi connectivity index (χ0v) is 12.0. The molecule has 2 aromatic carbocycles. The third kappa shape index (κ3) is 3.50. The van der Waals surface area contributed by atoms with E-state index < -0.39 is 40.9 Å². The molecule has 0 saturated carbocycles. The summed E-state index contributed by atoms with van der Waals surface area (Å²) in [6.07, 6.45) is 0. The van der Waals surface area contributed by atoms with Crippen LogP contribution in [0.5, 0.6) is 0 Å². The minimum Gasteiger partial charge on any atom is -0.467 e. The van der Waals surface area contributed by atoms with Gasteiger partial charge in [0.25, 0.3) is 5.91 Å². The van der Waals surface area contributed by atoms with E-state index in [4.69, 9.17) is 0 Å². The van der Waals surface area contributed by atoms with Crippen LogP contribution in [-0.4, -0.2) is 19.0 Å². The van der Waals surface area contributed by atoms with E-state index in [0.717, 1.165) is 13.2 Å². The van der Waals surface area contributed by atoms with E-state index in [1.807, 2.05) is 0 Å². The fraction of sp³-hybridized carbons (Fsp3) is 0.125. The Labute approximate surface area is 129 Å². The van der Waals surface area contributed by atoms with Crippen LogP contribution >= 0.6 is 0 Å². The van der Waals surface area contributed by atoms with Gasteiger partial charge in [0.1, 0.15) is 0 Å². The molecule has 1 N–H and O–H groups in total. The number of benzene rings is 2. The van der Waals surface area contributed by atoms with Gasteiger partial charge in [-0.25, -0.2) is 18.0 Å². The van der Waals surface area contributed by atoms with Crippen LogP contribution in [0, 0.1) is 17.5 Å². The summed E-state index contributed by atoms with van der Waals surface area (Å²) in [6.45, 7) is 0. The van der Waals surface area contributed by atoms with Crippen molar-refractivity contribution in [1.29, 1.82) is 0 Å². The van der Waals surface area contributed by atoms with Gasteiger partial charge in [-0.2, -0.15) is 0 Å². The van der Waals surface area contributed by atoms with E-state index in [9.17, 15) is 22.8 Å². The molecule has 2 rings (SSSR count). The number of nitrogens with one attached hydrogen (secondary N) is 1. The summed E-state index contributed by atoms with van der Waals surface area (Å²) < 4.78 is 44.4. The molecule has 4 nitrogen and oxygen atoms in total. The van der Waals surface area contributed by atoms with Crippen molar-refractivity contribution in [1.82, 2.24) is 5.32 Å². The molecule has 1 atom stereocenters. The molecule has 1 unspecified atom stereocenters. The summed E-state index contributed by atoms with van der Waals surface area (Å²) in [7, 11) is 1.13. The van der Waals surface area contributed by atoms with Crippen molar-refractivity contribution in [2.24, 2.45) is 0 Å². The first-order chi connectivity index (χ1) is 11.0. The highest BCUT2D eigenvalue weighted by Gasteiger charge is 2.26. The fourth-order valence-corrected chi connectivity index (χ4v) is 1.95. The van der Waals surface area contributed by atoms with Gasteiger partial charge in [-0.05, 0) is 17.7 Å². The molecule has 0 aliphatic heterocycles. The van der Waals surface area contributed by atoms with Gasteiger partial charge in [-0.1, -0.05) is 30.3 Å². The average molecular weight is 323 g/mol. The van der Waals surface area contributed by atoms with Gasteiger partial charge in [0.2, 0.25) is 0 Å². The van der Waals surface area contributed by atoms with Gasteiger partial charge < -0.3 is 10.1 Å². The van der Waals surface area contributed by atoms with E-state index >= 15 is 0 Å². The Morgan fingerprint density at radius 3 is 2.26 bits per heavy atom. The third-order valence-corrected chi connectivity index (χ3v) is 3.13. The summed E-state index contributed by atoms with van der Waals surface area (Å²) in [5.41, 5.74) is -0.315. The quantitative estimate of drug-likeness (QED) is 0.695. The highest BCUT2D eigenvalue weighted by atomic mass is 19.2. The normalized spacial score (nSPS) is 11.7. The molecule has 0 bridgehead atoms. The van der Waals surface area contributed by atoms with Gasteiger partial charge in [-0.3, -0.25) is 4.79 Å². The molecule has 2 aromatic rings. The van der Waals surface area contributed by atoms with Crippen LogP contribution in [0.15, 0.2) is 42.5 Å². The molecule has 0 aromatic heterocycles. The van der Waals surface area contributed by atoms with Gasteiger partial charge in [0.05, 0.1) is 12.7 Å². The molecule has 0 radical (unpaired) electrons. The van der Waals surface area contributed by atoms with Gasteiger partial charge >= 0.3 is 5.97 Å². The second-order valence-corrected chi connectivity index (χ2v) is 4.56.